The molecule has 0 aliphatic rings. The number of aryl methyl sites for hydroxylation is 1. The van der Waals surface area contributed by atoms with Crippen LogP contribution in [-0.2, 0) is 13.7 Å². The zero-order valence-electron chi connectivity index (χ0n) is 16.3. The van der Waals surface area contributed by atoms with Gasteiger partial charge in [-0.05, 0) is 30.7 Å². The number of benzene rings is 1. The van der Waals surface area contributed by atoms with Crippen LogP contribution in [-0.4, -0.2) is 28.4 Å². The molecule has 0 saturated carbocycles. The van der Waals surface area contributed by atoms with Crippen LogP contribution in [0.1, 0.15) is 35.4 Å². The number of carbonyl (C=O) groups is 1. The molecule has 1 amide bonds. The summed E-state index contributed by atoms with van der Waals surface area (Å²) in [4.78, 5) is 16.6. The second kappa shape index (κ2) is 10.0. The van der Waals surface area contributed by atoms with Gasteiger partial charge in [0.25, 0.3) is 5.91 Å². The standard InChI is InChI=1S/C20H19Cl3N4O3/c1-3-6-24-20(28)18-17(10-26-27(18)2)25-9-13-4-5-14(30-13)11-29-19-15(22)7-12(21)8-16(19)23/h4-5,7-10H,3,6,11H2,1-2H3,(H,24,28). The van der Waals surface area contributed by atoms with Gasteiger partial charge in [0.2, 0.25) is 0 Å². The Morgan fingerprint density at radius 1 is 1.30 bits per heavy atom. The van der Waals surface area contributed by atoms with E-state index in [-0.39, 0.29) is 12.5 Å². The molecule has 2 aromatic heterocycles. The molecule has 0 saturated heterocycles. The average molecular weight is 470 g/mol. The molecule has 10 heteroatoms. The Balaban J connectivity index is 1.68. The predicted octanol–water partition coefficient (Wildman–Crippen LogP) is 5.44. The first-order chi connectivity index (χ1) is 14.4. The maximum atomic E-state index is 12.3. The summed E-state index contributed by atoms with van der Waals surface area (Å²) < 4.78 is 12.8. The first-order valence-corrected chi connectivity index (χ1v) is 10.2. The Morgan fingerprint density at radius 2 is 2.03 bits per heavy atom. The van der Waals surface area contributed by atoms with E-state index in [0.717, 1.165) is 6.42 Å². The van der Waals surface area contributed by atoms with Crippen LogP contribution in [0.15, 0.2) is 39.9 Å². The van der Waals surface area contributed by atoms with E-state index in [1.54, 1.807) is 31.3 Å². The van der Waals surface area contributed by atoms with Gasteiger partial charge in [0.05, 0.1) is 22.5 Å². The minimum absolute atomic E-state index is 0.118. The molecule has 158 valence electrons. The van der Waals surface area contributed by atoms with Crippen molar-refractivity contribution in [2.45, 2.75) is 20.0 Å². The van der Waals surface area contributed by atoms with Gasteiger partial charge in [0.15, 0.2) is 11.4 Å². The molecular weight excluding hydrogens is 451 g/mol. The molecule has 1 N–H and O–H groups in total. The van der Waals surface area contributed by atoms with Gasteiger partial charge >= 0.3 is 0 Å². The van der Waals surface area contributed by atoms with Crippen molar-refractivity contribution in [3.63, 3.8) is 0 Å². The number of rotatable bonds is 8. The smallest absolute Gasteiger partial charge is 0.271 e. The first kappa shape index (κ1) is 22.2. The molecule has 3 aromatic rings. The fourth-order valence-electron chi connectivity index (χ4n) is 2.59. The normalized spacial score (nSPS) is 11.2. The van der Waals surface area contributed by atoms with Crippen LogP contribution in [0.3, 0.4) is 0 Å². The maximum Gasteiger partial charge on any atom is 0.271 e. The lowest BCUT2D eigenvalue weighted by Gasteiger charge is -2.08. The third-order valence-electron chi connectivity index (χ3n) is 4.01. The van der Waals surface area contributed by atoms with Gasteiger partial charge in [-0.25, -0.2) is 4.99 Å². The number of amides is 1. The number of aliphatic imine (C=N–C) groups is 1. The van der Waals surface area contributed by atoms with E-state index < -0.39 is 0 Å². The van der Waals surface area contributed by atoms with Crippen molar-refractivity contribution in [2.24, 2.45) is 12.0 Å². The summed E-state index contributed by atoms with van der Waals surface area (Å²) in [5.41, 5.74) is 0.821. The highest BCUT2D eigenvalue weighted by Crippen LogP contribution is 2.36. The van der Waals surface area contributed by atoms with E-state index in [1.165, 1.54) is 17.1 Å². The fourth-order valence-corrected chi connectivity index (χ4v) is 3.52. The number of hydrogen-bond donors (Lipinski definition) is 1. The van der Waals surface area contributed by atoms with Gasteiger partial charge < -0.3 is 14.5 Å². The molecule has 0 aliphatic carbocycles. The minimum Gasteiger partial charge on any atom is -0.483 e. The lowest BCUT2D eigenvalue weighted by atomic mass is 10.3. The van der Waals surface area contributed by atoms with Gasteiger partial charge in [-0.2, -0.15) is 5.10 Å². The van der Waals surface area contributed by atoms with Gasteiger partial charge in [0, 0.05) is 18.6 Å². The average Bonchev–Trinajstić information content (AvgIpc) is 3.29. The number of nitrogens with zero attached hydrogens (tertiary/aromatic N) is 3. The molecule has 2 heterocycles. The molecule has 0 unspecified atom stereocenters. The monoisotopic (exact) mass is 468 g/mol. The molecule has 0 atom stereocenters. The number of carbonyl (C=O) groups excluding carboxylic acids is 1. The zero-order valence-corrected chi connectivity index (χ0v) is 18.6. The topological polar surface area (TPSA) is 81.7 Å². The van der Waals surface area contributed by atoms with E-state index in [1.807, 2.05) is 6.92 Å². The summed E-state index contributed by atoms with van der Waals surface area (Å²) in [6.07, 6.45) is 3.88. The highest BCUT2D eigenvalue weighted by molar-refractivity contribution is 6.40. The summed E-state index contributed by atoms with van der Waals surface area (Å²) in [5, 5.41) is 7.97. The van der Waals surface area contributed by atoms with Crippen molar-refractivity contribution >= 4 is 52.6 Å². The third-order valence-corrected chi connectivity index (χ3v) is 4.78. The Bertz CT molecular complexity index is 1050. The molecule has 0 radical (unpaired) electrons. The maximum absolute atomic E-state index is 12.3. The van der Waals surface area contributed by atoms with E-state index in [0.29, 0.717) is 50.3 Å². The van der Waals surface area contributed by atoms with Crippen LogP contribution >= 0.6 is 34.8 Å². The van der Waals surface area contributed by atoms with Crippen LogP contribution in [0, 0.1) is 0 Å². The molecule has 1 aromatic carbocycles. The Kier molecular flexibility index (Phi) is 7.42. The van der Waals surface area contributed by atoms with E-state index in [2.05, 4.69) is 15.4 Å². The summed E-state index contributed by atoms with van der Waals surface area (Å²) in [6.45, 7) is 2.68. The Morgan fingerprint density at radius 3 is 2.73 bits per heavy atom. The zero-order chi connectivity index (χ0) is 21.7. The van der Waals surface area contributed by atoms with Gasteiger partial charge in [-0.15, -0.1) is 0 Å². The number of furan rings is 1. The van der Waals surface area contributed by atoms with Gasteiger partial charge in [-0.1, -0.05) is 41.7 Å². The van der Waals surface area contributed by atoms with E-state index in [4.69, 9.17) is 44.0 Å². The van der Waals surface area contributed by atoms with Crippen molar-refractivity contribution in [2.75, 3.05) is 6.54 Å². The lowest BCUT2D eigenvalue weighted by Crippen LogP contribution is -2.26. The summed E-state index contributed by atoms with van der Waals surface area (Å²) in [6, 6.07) is 6.58. The van der Waals surface area contributed by atoms with Crippen molar-refractivity contribution in [3.8, 4) is 5.75 Å². The lowest BCUT2D eigenvalue weighted by molar-refractivity contribution is 0.0945. The molecule has 3 rings (SSSR count). The van der Waals surface area contributed by atoms with Crippen LogP contribution in [0.4, 0.5) is 5.69 Å². The third kappa shape index (κ3) is 5.36. The Labute approximate surface area is 188 Å². The van der Waals surface area contributed by atoms with E-state index >= 15 is 0 Å². The van der Waals surface area contributed by atoms with Gasteiger partial charge in [0.1, 0.15) is 23.8 Å². The van der Waals surface area contributed by atoms with Crippen LogP contribution in [0.2, 0.25) is 15.1 Å². The van der Waals surface area contributed by atoms with Crippen LogP contribution in [0.5, 0.6) is 5.75 Å². The van der Waals surface area contributed by atoms with Crippen LogP contribution in [0.25, 0.3) is 0 Å². The van der Waals surface area contributed by atoms with Crippen LogP contribution < -0.4 is 10.1 Å². The largest absolute Gasteiger partial charge is 0.483 e. The highest BCUT2D eigenvalue weighted by atomic mass is 35.5. The Hall–Kier alpha value is -2.48. The summed E-state index contributed by atoms with van der Waals surface area (Å²) in [5.74, 6) is 1.14. The number of hydrogen-bond acceptors (Lipinski definition) is 5. The van der Waals surface area contributed by atoms with Crippen molar-refractivity contribution < 1.29 is 13.9 Å². The highest BCUT2D eigenvalue weighted by Gasteiger charge is 2.16. The molecule has 0 aliphatic heterocycles. The molecular formula is C20H19Cl3N4O3. The van der Waals surface area contributed by atoms with Crippen molar-refractivity contribution in [3.05, 3.63) is 62.7 Å². The molecule has 0 fully saturated rings. The quantitative estimate of drug-likeness (QED) is 0.445. The molecule has 0 spiro atoms. The summed E-state index contributed by atoms with van der Waals surface area (Å²) in [7, 11) is 1.69. The number of halogens is 3. The minimum atomic E-state index is -0.228. The van der Waals surface area contributed by atoms with Gasteiger partial charge in [-0.3, -0.25) is 9.48 Å². The molecule has 30 heavy (non-hydrogen) atoms. The second-order valence-electron chi connectivity index (χ2n) is 6.31. The fraction of sp³-hybridized carbons (Fsp3) is 0.250. The number of nitrogens with one attached hydrogen (secondary N) is 1. The van der Waals surface area contributed by atoms with E-state index in [9.17, 15) is 4.79 Å². The number of ether oxygens (including phenoxy) is 1. The summed E-state index contributed by atoms with van der Waals surface area (Å²) >= 11 is 18.1. The predicted molar refractivity (Wildman–Crippen MR) is 118 cm³/mol. The SMILES string of the molecule is CCCNC(=O)c1c(N=Cc2ccc(COc3c(Cl)cc(Cl)cc3Cl)o2)cnn1C. The second-order valence-corrected chi connectivity index (χ2v) is 7.56. The molecule has 0 bridgehead atoms. The number of aromatic nitrogens is 2. The first-order valence-electron chi connectivity index (χ1n) is 9.09. The van der Waals surface area contributed by atoms with Crippen molar-refractivity contribution in [1.82, 2.24) is 15.1 Å². The van der Waals surface area contributed by atoms with Crippen molar-refractivity contribution in [1.29, 1.82) is 0 Å². The molecule has 7 nitrogen and oxygen atoms in total.